The highest BCUT2D eigenvalue weighted by Crippen LogP contribution is 2.72. The van der Waals surface area contributed by atoms with Gasteiger partial charge in [0.1, 0.15) is 0 Å². The van der Waals surface area contributed by atoms with Gasteiger partial charge in [-0.15, -0.1) is 0 Å². The Hall–Kier alpha value is -4.60. The smallest absolute Gasteiger partial charge is 0.0170 e. The van der Waals surface area contributed by atoms with Crippen LogP contribution < -0.4 is 15.9 Å². The summed E-state index contributed by atoms with van der Waals surface area (Å²) in [5, 5.41) is 9.60. The zero-order valence-corrected chi connectivity index (χ0v) is 29.2. The molecule has 0 heterocycles. The predicted molar refractivity (Wildman–Crippen MR) is 214 cm³/mol. The average Bonchev–Trinajstić information content (AvgIpc) is 3.14. The topological polar surface area (TPSA) is 0 Å². The summed E-state index contributed by atoms with van der Waals surface area (Å²) in [7, 11) is -1.50. The average molecular weight is 653 g/mol. The molecular weight excluding hydrogens is 614 g/mol. The van der Waals surface area contributed by atoms with Gasteiger partial charge in [0.25, 0.3) is 0 Å². The SMILES string of the molecule is CC1=C(c2ccccc2C)C(P(c2ccc3ccccc3c2)P(c2ccc(-c3ccccc3)cc2)c2ccc3ccccc3c2)CC=C1. The largest absolute Gasteiger partial charge is 0.0833 e. The van der Waals surface area contributed by atoms with Gasteiger partial charge in [-0.3, -0.25) is 0 Å². The van der Waals surface area contributed by atoms with Gasteiger partial charge in [0.2, 0.25) is 0 Å². The number of fused-ring (bicyclic) bond motifs is 2. The fourth-order valence-corrected chi connectivity index (χ4v) is 16.0. The Labute approximate surface area is 286 Å². The molecule has 7 aromatic rings. The highest BCUT2D eigenvalue weighted by molar-refractivity contribution is 8.39. The molecule has 2 heteroatoms. The molecule has 3 unspecified atom stereocenters. The van der Waals surface area contributed by atoms with E-state index in [-0.39, 0.29) is 0 Å². The fourth-order valence-electron chi connectivity index (χ4n) is 7.22. The van der Waals surface area contributed by atoms with Crippen LogP contribution in [0.3, 0.4) is 0 Å². The van der Waals surface area contributed by atoms with Gasteiger partial charge in [0, 0.05) is 5.66 Å². The number of aryl methyl sites for hydroxylation is 1. The van der Waals surface area contributed by atoms with Gasteiger partial charge in [-0.2, -0.15) is 0 Å². The third-order valence-electron chi connectivity index (χ3n) is 9.63. The van der Waals surface area contributed by atoms with Crippen LogP contribution in [0, 0.1) is 6.92 Å². The van der Waals surface area contributed by atoms with Crippen molar-refractivity contribution < 1.29 is 0 Å². The van der Waals surface area contributed by atoms with Crippen molar-refractivity contribution in [2.75, 3.05) is 0 Å². The quantitative estimate of drug-likeness (QED) is 0.150. The Balaban J connectivity index is 1.38. The minimum Gasteiger partial charge on any atom is -0.0833 e. The lowest BCUT2D eigenvalue weighted by atomic mass is 9.89. The summed E-state index contributed by atoms with van der Waals surface area (Å²) in [5.74, 6) is 0. The van der Waals surface area contributed by atoms with Crippen molar-refractivity contribution in [3.05, 3.63) is 193 Å². The fraction of sp³-hybridized carbons (Fsp3) is 0.0870. The third-order valence-corrected chi connectivity index (χ3v) is 17.7. The third kappa shape index (κ3) is 5.97. The van der Waals surface area contributed by atoms with Gasteiger partial charge in [-0.25, -0.2) is 0 Å². The van der Waals surface area contributed by atoms with Crippen LogP contribution in [0.1, 0.15) is 24.5 Å². The van der Waals surface area contributed by atoms with E-state index in [0.29, 0.717) is 5.66 Å². The maximum Gasteiger partial charge on any atom is 0.0170 e. The lowest BCUT2D eigenvalue weighted by Gasteiger charge is -2.39. The van der Waals surface area contributed by atoms with Crippen LogP contribution >= 0.6 is 15.2 Å². The lowest BCUT2D eigenvalue weighted by Crippen LogP contribution is -2.23. The van der Waals surface area contributed by atoms with E-state index in [4.69, 9.17) is 0 Å². The highest BCUT2D eigenvalue weighted by Gasteiger charge is 2.37. The Morgan fingerprint density at radius 1 is 0.479 bits per heavy atom. The molecule has 0 spiro atoms. The summed E-state index contributed by atoms with van der Waals surface area (Å²) in [6, 6.07) is 61.6. The molecule has 0 saturated carbocycles. The van der Waals surface area contributed by atoms with Gasteiger partial charge in [0.15, 0.2) is 0 Å². The maximum atomic E-state index is 2.51. The van der Waals surface area contributed by atoms with Crippen LogP contribution in [0.25, 0.3) is 38.2 Å². The molecule has 0 fully saturated rings. The van der Waals surface area contributed by atoms with E-state index in [2.05, 4.69) is 190 Å². The Bertz CT molecular complexity index is 2300. The number of rotatable bonds is 7. The predicted octanol–water partition coefficient (Wildman–Crippen LogP) is 11.9. The van der Waals surface area contributed by atoms with Crippen molar-refractivity contribution in [3.63, 3.8) is 0 Å². The van der Waals surface area contributed by atoms with Crippen LogP contribution in [0.5, 0.6) is 0 Å². The first-order valence-corrected chi connectivity index (χ1v) is 20.3. The van der Waals surface area contributed by atoms with E-state index in [1.807, 2.05) is 0 Å². The second-order valence-electron chi connectivity index (χ2n) is 12.7. The molecule has 1 aliphatic rings. The van der Waals surface area contributed by atoms with E-state index < -0.39 is 15.2 Å². The molecule has 0 bridgehead atoms. The second-order valence-corrected chi connectivity index (χ2v) is 18.7. The molecule has 0 saturated heterocycles. The van der Waals surface area contributed by atoms with Gasteiger partial charge in [0.05, 0.1) is 0 Å². The van der Waals surface area contributed by atoms with Crippen molar-refractivity contribution in [2.24, 2.45) is 0 Å². The van der Waals surface area contributed by atoms with Gasteiger partial charge < -0.3 is 0 Å². The second kappa shape index (κ2) is 13.5. The Morgan fingerprint density at radius 3 is 1.71 bits per heavy atom. The molecule has 7 aromatic carbocycles. The Morgan fingerprint density at radius 2 is 1.02 bits per heavy atom. The molecule has 0 nitrogen and oxygen atoms in total. The standard InChI is InChI=1S/C46H38P2/c1-33-13-6-11-21-44(33)46-34(2)14-12-22-45(46)48(43-30-26-37-18-8-10-20-40(37)32-43)47(42-29-25-36-17-7-9-19-39(36)31-42)41-27-23-38(24-28-41)35-15-4-3-5-16-35/h3-21,23-32,45H,22H2,1-2H3. The minimum atomic E-state index is -0.772. The first kappa shape index (κ1) is 30.7. The zero-order valence-electron chi connectivity index (χ0n) is 27.4. The number of benzene rings is 7. The maximum absolute atomic E-state index is 2.51. The summed E-state index contributed by atoms with van der Waals surface area (Å²) in [4.78, 5) is 0. The molecule has 8 rings (SSSR count). The van der Waals surface area contributed by atoms with E-state index in [0.717, 1.165) is 6.42 Å². The summed E-state index contributed by atoms with van der Waals surface area (Å²) < 4.78 is 0. The molecule has 232 valence electrons. The number of hydrogen-bond donors (Lipinski definition) is 0. The number of allylic oxidation sites excluding steroid dienone is 4. The molecule has 48 heavy (non-hydrogen) atoms. The first-order valence-electron chi connectivity index (χ1n) is 16.8. The number of hydrogen-bond acceptors (Lipinski definition) is 0. The highest BCUT2D eigenvalue weighted by atomic mass is 32.1. The van der Waals surface area contributed by atoms with Gasteiger partial charge in [-0.1, -0.05) is 164 Å². The molecule has 0 amide bonds. The van der Waals surface area contributed by atoms with Gasteiger partial charge >= 0.3 is 0 Å². The van der Waals surface area contributed by atoms with Crippen LogP contribution in [0.4, 0.5) is 0 Å². The van der Waals surface area contributed by atoms with Gasteiger partial charge in [-0.05, 0) is 118 Å². The molecule has 0 N–H and O–H groups in total. The van der Waals surface area contributed by atoms with Crippen LogP contribution in [0.15, 0.2) is 182 Å². The zero-order chi connectivity index (χ0) is 32.5. The van der Waals surface area contributed by atoms with Crippen molar-refractivity contribution in [1.29, 1.82) is 0 Å². The molecule has 3 atom stereocenters. The Kier molecular flexibility index (Phi) is 8.63. The lowest BCUT2D eigenvalue weighted by molar-refractivity contribution is 1.05. The molecule has 0 aromatic heterocycles. The summed E-state index contributed by atoms with van der Waals surface area (Å²) >= 11 is 0. The van der Waals surface area contributed by atoms with Crippen molar-refractivity contribution >= 4 is 58.3 Å². The summed E-state index contributed by atoms with van der Waals surface area (Å²) in [6.07, 6.45) is 5.83. The van der Waals surface area contributed by atoms with E-state index in [1.165, 1.54) is 70.9 Å². The van der Waals surface area contributed by atoms with Crippen LogP contribution in [0.2, 0.25) is 0 Å². The first-order chi connectivity index (χ1) is 23.6. The molecule has 0 aliphatic heterocycles. The van der Waals surface area contributed by atoms with Crippen molar-refractivity contribution in [1.82, 2.24) is 0 Å². The molecule has 1 aliphatic carbocycles. The van der Waals surface area contributed by atoms with Crippen LogP contribution in [-0.2, 0) is 0 Å². The van der Waals surface area contributed by atoms with Crippen LogP contribution in [-0.4, -0.2) is 5.66 Å². The van der Waals surface area contributed by atoms with E-state index in [9.17, 15) is 0 Å². The summed E-state index contributed by atoms with van der Waals surface area (Å²) in [5.41, 5.74) is 8.55. The van der Waals surface area contributed by atoms with Crippen molar-refractivity contribution in [2.45, 2.75) is 25.9 Å². The molecular formula is C46H38P2. The summed E-state index contributed by atoms with van der Waals surface area (Å²) in [6.45, 7) is 4.60. The molecule has 0 radical (unpaired) electrons. The minimum absolute atomic E-state index is 0.374. The normalized spacial score (nSPS) is 15.9. The monoisotopic (exact) mass is 652 g/mol. The van der Waals surface area contributed by atoms with Crippen molar-refractivity contribution in [3.8, 4) is 11.1 Å². The van der Waals surface area contributed by atoms with E-state index in [1.54, 1.807) is 0 Å². The van der Waals surface area contributed by atoms with E-state index >= 15 is 0 Å².